The molecule has 1 aromatic rings. The maximum absolute atomic E-state index is 4.34. The van der Waals surface area contributed by atoms with Crippen LogP contribution in [0.2, 0.25) is 0 Å². The first kappa shape index (κ1) is 7.73. The van der Waals surface area contributed by atoms with Crippen LogP contribution in [0.5, 0.6) is 0 Å². The Labute approximate surface area is 71.8 Å². The number of nitrogens with zero attached hydrogens (tertiary/aromatic N) is 2. The van der Waals surface area contributed by atoms with Crippen LogP contribution in [0.3, 0.4) is 0 Å². The van der Waals surface area contributed by atoms with E-state index in [4.69, 9.17) is 0 Å². The molecule has 0 aromatic carbocycles. The molecule has 12 heavy (non-hydrogen) atoms. The summed E-state index contributed by atoms with van der Waals surface area (Å²) in [6.45, 7) is 6.26. The summed E-state index contributed by atoms with van der Waals surface area (Å²) in [6, 6.07) is 0. The number of aromatic nitrogens is 3. The standard InChI is InChI=1S/C8H14N4/c1-5-3-9-4-7(5)8-10-6(2)11-12-8/h5,7,9H,3-4H2,1-2H3,(H,10,11,12). The molecule has 1 fully saturated rings. The fraction of sp³-hybridized carbons (Fsp3) is 0.750. The van der Waals surface area contributed by atoms with Crippen molar-refractivity contribution in [2.24, 2.45) is 5.92 Å². The van der Waals surface area contributed by atoms with Crippen molar-refractivity contribution in [2.45, 2.75) is 19.8 Å². The van der Waals surface area contributed by atoms with E-state index < -0.39 is 0 Å². The van der Waals surface area contributed by atoms with Crippen LogP contribution in [0.4, 0.5) is 0 Å². The fourth-order valence-electron chi connectivity index (χ4n) is 1.68. The van der Waals surface area contributed by atoms with Crippen molar-refractivity contribution >= 4 is 0 Å². The Hall–Kier alpha value is -0.900. The van der Waals surface area contributed by atoms with E-state index >= 15 is 0 Å². The summed E-state index contributed by atoms with van der Waals surface area (Å²) >= 11 is 0. The summed E-state index contributed by atoms with van der Waals surface area (Å²) in [5.41, 5.74) is 0. The average molecular weight is 166 g/mol. The zero-order valence-electron chi connectivity index (χ0n) is 7.46. The lowest BCUT2D eigenvalue weighted by atomic mass is 9.98. The SMILES string of the molecule is Cc1nc(C2CNCC2C)n[nH]1. The van der Waals surface area contributed by atoms with E-state index in [1.54, 1.807) is 0 Å². The molecule has 2 unspecified atom stereocenters. The Kier molecular flexibility index (Phi) is 1.84. The molecule has 2 heterocycles. The zero-order valence-corrected chi connectivity index (χ0v) is 7.46. The van der Waals surface area contributed by atoms with Crippen LogP contribution in [-0.4, -0.2) is 28.3 Å². The van der Waals surface area contributed by atoms with E-state index in [1.807, 2.05) is 6.92 Å². The summed E-state index contributed by atoms with van der Waals surface area (Å²) in [5.74, 6) is 3.02. The first-order chi connectivity index (χ1) is 5.77. The first-order valence-corrected chi connectivity index (χ1v) is 4.37. The predicted octanol–water partition coefficient (Wildman–Crippen LogP) is 0.436. The van der Waals surface area contributed by atoms with Gasteiger partial charge in [0.15, 0.2) is 5.82 Å². The molecule has 2 atom stereocenters. The van der Waals surface area contributed by atoms with Gasteiger partial charge in [-0.1, -0.05) is 6.92 Å². The van der Waals surface area contributed by atoms with Gasteiger partial charge in [0, 0.05) is 12.5 Å². The van der Waals surface area contributed by atoms with Gasteiger partial charge in [0.05, 0.1) is 0 Å². The smallest absolute Gasteiger partial charge is 0.155 e. The second kappa shape index (κ2) is 2.86. The number of aromatic amines is 1. The fourth-order valence-corrected chi connectivity index (χ4v) is 1.68. The van der Waals surface area contributed by atoms with E-state index in [0.29, 0.717) is 11.8 Å². The molecule has 0 radical (unpaired) electrons. The second-order valence-electron chi connectivity index (χ2n) is 3.52. The summed E-state index contributed by atoms with van der Waals surface area (Å²) in [7, 11) is 0. The van der Waals surface area contributed by atoms with Crippen molar-refractivity contribution in [1.82, 2.24) is 20.5 Å². The molecule has 1 aliphatic heterocycles. The van der Waals surface area contributed by atoms with Gasteiger partial charge in [0.1, 0.15) is 5.82 Å². The van der Waals surface area contributed by atoms with Gasteiger partial charge < -0.3 is 5.32 Å². The van der Waals surface area contributed by atoms with Crippen molar-refractivity contribution in [3.05, 3.63) is 11.6 Å². The van der Waals surface area contributed by atoms with Gasteiger partial charge in [0.2, 0.25) is 0 Å². The normalized spacial score (nSPS) is 29.5. The summed E-state index contributed by atoms with van der Waals surface area (Å²) in [6.07, 6.45) is 0. The highest BCUT2D eigenvalue weighted by Crippen LogP contribution is 2.24. The van der Waals surface area contributed by atoms with E-state index in [2.05, 4.69) is 27.4 Å². The van der Waals surface area contributed by atoms with Gasteiger partial charge in [-0.3, -0.25) is 5.10 Å². The largest absolute Gasteiger partial charge is 0.316 e. The molecule has 66 valence electrons. The minimum Gasteiger partial charge on any atom is -0.316 e. The van der Waals surface area contributed by atoms with Crippen LogP contribution in [0.15, 0.2) is 0 Å². The maximum atomic E-state index is 4.34. The molecule has 2 rings (SSSR count). The number of hydrogen-bond donors (Lipinski definition) is 2. The number of hydrogen-bond acceptors (Lipinski definition) is 3. The zero-order chi connectivity index (χ0) is 8.55. The van der Waals surface area contributed by atoms with Crippen LogP contribution in [0.1, 0.15) is 24.5 Å². The molecule has 0 aliphatic carbocycles. The molecule has 1 aromatic heterocycles. The number of H-pyrrole nitrogens is 1. The number of aryl methyl sites for hydroxylation is 1. The topological polar surface area (TPSA) is 53.6 Å². The summed E-state index contributed by atoms with van der Waals surface area (Å²) in [5, 5.41) is 10.4. The molecule has 0 spiro atoms. The Bertz CT molecular complexity index is 268. The lowest BCUT2D eigenvalue weighted by Crippen LogP contribution is -2.09. The van der Waals surface area contributed by atoms with Crippen LogP contribution >= 0.6 is 0 Å². The van der Waals surface area contributed by atoms with Gasteiger partial charge in [-0.25, -0.2) is 4.98 Å². The van der Waals surface area contributed by atoms with Gasteiger partial charge >= 0.3 is 0 Å². The van der Waals surface area contributed by atoms with Crippen molar-refractivity contribution in [3.63, 3.8) is 0 Å². The van der Waals surface area contributed by atoms with Crippen molar-refractivity contribution < 1.29 is 0 Å². The van der Waals surface area contributed by atoms with Crippen LogP contribution in [0, 0.1) is 12.8 Å². The van der Waals surface area contributed by atoms with Crippen LogP contribution < -0.4 is 5.32 Å². The predicted molar refractivity (Wildman–Crippen MR) is 45.9 cm³/mol. The van der Waals surface area contributed by atoms with Crippen molar-refractivity contribution in [1.29, 1.82) is 0 Å². The Morgan fingerprint density at radius 3 is 2.75 bits per heavy atom. The second-order valence-corrected chi connectivity index (χ2v) is 3.52. The lowest BCUT2D eigenvalue weighted by molar-refractivity contribution is 0.547. The highest BCUT2D eigenvalue weighted by atomic mass is 15.2. The Balaban J connectivity index is 2.19. The third kappa shape index (κ3) is 1.22. The molecule has 1 saturated heterocycles. The molecular weight excluding hydrogens is 152 g/mol. The third-order valence-electron chi connectivity index (χ3n) is 2.46. The Morgan fingerprint density at radius 2 is 2.25 bits per heavy atom. The molecule has 0 amide bonds. The van der Waals surface area contributed by atoms with E-state index in [1.165, 1.54) is 0 Å². The van der Waals surface area contributed by atoms with Crippen LogP contribution in [-0.2, 0) is 0 Å². The third-order valence-corrected chi connectivity index (χ3v) is 2.46. The van der Waals surface area contributed by atoms with E-state index in [-0.39, 0.29) is 0 Å². The molecule has 2 N–H and O–H groups in total. The maximum Gasteiger partial charge on any atom is 0.155 e. The number of rotatable bonds is 1. The van der Waals surface area contributed by atoms with Crippen LogP contribution in [0.25, 0.3) is 0 Å². The average Bonchev–Trinajstić information content (AvgIpc) is 2.58. The lowest BCUT2D eigenvalue weighted by Gasteiger charge is -2.08. The van der Waals surface area contributed by atoms with Gasteiger partial charge in [-0.15, -0.1) is 0 Å². The molecule has 4 heteroatoms. The molecular formula is C8H14N4. The van der Waals surface area contributed by atoms with E-state index in [9.17, 15) is 0 Å². The quantitative estimate of drug-likeness (QED) is 0.636. The van der Waals surface area contributed by atoms with Gasteiger partial charge in [-0.05, 0) is 19.4 Å². The summed E-state index contributed by atoms with van der Waals surface area (Å²) in [4.78, 5) is 4.34. The number of nitrogens with one attached hydrogen (secondary N) is 2. The minimum atomic E-state index is 0.495. The van der Waals surface area contributed by atoms with Crippen molar-refractivity contribution in [2.75, 3.05) is 13.1 Å². The molecule has 0 saturated carbocycles. The highest BCUT2D eigenvalue weighted by Gasteiger charge is 2.27. The molecule has 0 bridgehead atoms. The Morgan fingerprint density at radius 1 is 1.42 bits per heavy atom. The monoisotopic (exact) mass is 166 g/mol. The van der Waals surface area contributed by atoms with Gasteiger partial charge in [0.25, 0.3) is 0 Å². The minimum absolute atomic E-state index is 0.495. The molecule has 4 nitrogen and oxygen atoms in total. The highest BCUT2D eigenvalue weighted by molar-refractivity contribution is 5.03. The van der Waals surface area contributed by atoms with Crippen molar-refractivity contribution in [3.8, 4) is 0 Å². The summed E-state index contributed by atoms with van der Waals surface area (Å²) < 4.78 is 0. The molecule has 1 aliphatic rings. The van der Waals surface area contributed by atoms with E-state index in [0.717, 1.165) is 24.7 Å². The first-order valence-electron chi connectivity index (χ1n) is 4.37. The van der Waals surface area contributed by atoms with Gasteiger partial charge in [-0.2, -0.15) is 5.10 Å².